The Kier molecular flexibility index (Phi) is 4.63. The van der Waals surface area contributed by atoms with Crippen molar-refractivity contribution in [3.05, 3.63) is 12.2 Å². The van der Waals surface area contributed by atoms with Crippen molar-refractivity contribution in [2.45, 2.75) is 26.7 Å². The molecule has 1 unspecified atom stereocenters. The van der Waals surface area contributed by atoms with Crippen molar-refractivity contribution in [1.29, 1.82) is 0 Å². The van der Waals surface area contributed by atoms with Gasteiger partial charge in [0.2, 0.25) is 0 Å². The summed E-state index contributed by atoms with van der Waals surface area (Å²) in [5.41, 5.74) is 0. The van der Waals surface area contributed by atoms with Crippen LogP contribution in [0, 0.1) is 5.92 Å². The standard InChI is InChI=1S/C8H14O2/c1-3-4-5-6-7(2)8(9)10/h5-7H,3-4H2,1-2H3,(H,9,10)/b6-5+. The second kappa shape index (κ2) is 5.03. The molecule has 0 heterocycles. The minimum absolute atomic E-state index is 0.341. The van der Waals surface area contributed by atoms with E-state index in [1.807, 2.05) is 6.08 Å². The maximum Gasteiger partial charge on any atom is 0.310 e. The van der Waals surface area contributed by atoms with E-state index in [1.165, 1.54) is 0 Å². The van der Waals surface area contributed by atoms with Crippen LogP contribution in [0.15, 0.2) is 12.2 Å². The molecule has 0 aliphatic carbocycles. The van der Waals surface area contributed by atoms with Crippen LogP contribution in [0.1, 0.15) is 26.7 Å². The van der Waals surface area contributed by atoms with Crippen LogP contribution in [0.5, 0.6) is 0 Å². The van der Waals surface area contributed by atoms with Crippen LogP contribution >= 0.6 is 0 Å². The third-order valence-electron chi connectivity index (χ3n) is 1.27. The Morgan fingerprint density at radius 3 is 2.70 bits per heavy atom. The van der Waals surface area contributed by atoms with Crippen LogP contribution in [-0.2, 0) is 4.79 Å². The molecule has 2 heteroatoms. The quantitative estimate of drug-likeness (QED) is 0.610. The van der Waals surface area contributed by atoms with Crippen molar-refractivity contribution in [2.75, 3.05) is 0 Å². The van der Waals surface area contributed by atoms with Crippen LogP contribution in [0.4, 0.5) is 0 Å². The number of carboxylic acids is 1. The first-order chi connectivity index (χ1) is 4.68. The van der Waals surface area contributed by atoms with Gasteiger partial charge in [0.05, 0.1) is 5.92 Å². The molecule has 2 nitrogen and oxygen atoms in total. The van der Waals surface area contributed by atoms with Crippen molar-refractivity contribution < 1.29 is 9.90 Å². The Hall–Kier alpha value is -0.790. The van der Waals surface area contributed by atoms with Gasteiger partial charge < -0.3 is 5.11 Å². The van der Waals surface area contributed by atoms with E-state index in [2.05, 4.69) is 6.92 Å². The maximum absolute atomic E-state index is 10.2. The lowest BCUT2D eigenvalue weighted by atomic mass is 10.1. The molecule has 0 aliphatic rings. The Balaban J connectivity index is 3.55. The molecule has 0 radical (unpaired) electrons. The van der Waals surface area contributed by atoms with Crippen LogP contribution in [0.2, 0.25) is 0 Å². The average Bonchev–Trinajstić information content (AvgIpc) is 1.88. The minimum Gasteiger partial charge on any atom is -0.481 e. The molecule has 0 aromatic carbocycles. The zero-order chi connectivity index (χ0) is 7.98. The number of unbranched alkanes of at least 4 members (excludes halogenated alkanes) is 1. The van der Waals surface area contributed by atoms with Crippen molar-refractivity contribution in [2.24, 2.45) is 5.92 Å². The van der Waals surface area contributed by atoms with Crippen molar-refractivity contribution in [3.63, 3.8) is 0 Å². The minimum atomic E-state index is -0.757. The highest BCUT2D eigenvalue weighted by molar-refractivity contribution is 5.71. The summed E-state index contributed by atoms with van der Waals surface area (Å²) in [6, 6.07) is 0. The molecule has 0 bridgehead atoms. The predicted octanol–water partition coefficient (Wildman–Crippen LogP) is 2.06. The number of carbonyl (C=O) groups is 1. The Morgan fingerprint density at radius 1 is 1.70 bits per heavy atom. The van der Waals surface area contributed by atoms with E-state index in [9.17, 15) is 4.79 Å². The number of hydrogen-bond acceptors (Lipinski definition) is 1. The maximum atomic E-state index is 10.2. The Morgan fingerprint density at radius 2 is 2.30 bits per heavy atom. The van der Waals surface area contributed by atoms with Crippen molar-refractivity contribution >= 4 is 5.97 Å². The Labute approximate surface area is 61.6 Å². The third-order valence-corrected chi connectivity index (χ3v) is 1.27. The second-order valence-electron chi connectivity index (χ2n) is 2.34. The van der Waals surface area contributed by atoms with Gasteiger partial charge in [0.25, 0.3) is 0 Å². The van der Waals surface area contributed by atoms with Crippen molar-refractivity contribution in [1.82, 2.24) is 0 Å². The van der Waals surface area contributed by atoms with Crippen molar-refractivity contribution in [3.8, 4) is 0 Å². The third kappa shape index (κ3) is 4.13. The van der Waals surface area contributed by atoms with Crippen LogP contribution in [0.3, 0.4) is 0 Å². The molecule has 0 fully saturated rings. The lowest BCUT2D eigenvalue weighted by Gasteiger charge is -1.95. The summed E-state index contributed by atoms with van der Waals surface area (Å²) in [4.78, 5) is 10.2. The van der Waals surface area contributed by atoms with Gasteiger partial charge in [-0.05, 0) is 13.3 Å². The molecule has 0 aromatic heterocycles. The van der Waals surface area contributed by atoms with Gasteiger partial charge >= 0.3 is 5.97 Å². The monoisotopic (exact) mass is 142 g/mol. The Bertz CT molecular complexity index is 127. The largest absolute Gasteiger partial charge is 0.481 e. The first-order valence-corrected chi connectivity index (χ1v) is 3.58. The molecule has 1 N–H and O–H groups in total. The van der Waals surface area contributed by atoms with Gasteiger partial charge in [-0.1, -0.05) is 25.5 Å². The van der Waals surface area contributed by atoms with Crippen LogP contribution in [0.25, 0.3) is 0 Å². The van der Waals surface area contributed by atoms with Gasteiger partial charge in [0, 0.05) is 0 Å². The normalized spacial score (nSPS) is 13.8. The molecule has 0 aromatic rings. The summed E-state index contributed by atoms with van der Waals surface area (Å²) in [5.74, 6) is -1.10. The second-order valence-corrected chi connectivity index (χ2v) is 2.34. The SMILES string of the molecule is CCC/C=C/C(C)C(=O)O. The number of aliphatic carboxylic acids is 1. The van der Waals surface area contributed by atoms with E-state index >= 15 is 0 Å². The summed E-state index contributed by atoms with van der Waals surface area (Å²) in [6.45, 7) is 3.74. The number of hydrogen-bond donors (Lipinski definition) is 1. The molecule has 1 atom stereocenters. The lowest BCUT2D eigenvalue weighted by Crippen LogP contribution is -2.05. The summed E-state index contributed by atoms with van der Waals surface area (Å²) in [6.07, 6.45) is 5.69. The van der Waals surface area contributed by atoms with Gasteiger partial charge in [0.15, 0.2) is 0 Å². The van der Waals surface area contributed by atoms with Gasteiger partial charge in [-0.15, -0.1) is 0 Å². The molecule has 0 saturated carbocycles. The molecule has 10 heavy (non-hydrogen) atoms. The fraction of sp³-hybridized carbons (Fsp3) is 0.625. The number of carboxylic acid groups (broad SMARTS) is 1. The fourth-order valence-electron chi connectivity index (χ4n) is 0.549. The molecular weight excluding hydrogens is 128 g/mol. The lowest BCUT2D eigenvalue weighted by molar-refractivity contribution is -0.139. The van der Waals surface area contributed by atoms with Crippen LogP contribution < -0.4 is 0 Å². The average molecular weight is 142 g/mol. The van der Waals surface area contributed by atoms with E-state index < -0.39 is 5.97 Å². The van der Waals surface area contributed by atoms with E-state index in [1.54, 1.807) is 13.0 Å². The van der Waals surface area contributed by atoms with Gasteiger partial charge in [-0.2, -0.15) is 0 Å². The van der Waals surface area contributed by atoms with Gasteiger partial charge in [-0.25, -0.2) is 0 Å². The van der Waals surface area contributed by atoms with Gasteiger partial charge in [-0.3, -0.25) is 4.79 Å². The molecule has 0 saturated heterocycles. The summed E-state index contributed by atoms with van der Waals surface area (Å²) in [5, 5.41) is 8.43. The highest BCUT2D eigenvalue weighted by atomic mass is 16.4. The first kappa shape index (κ1) is 9.21. The highest BCUT2D eigenvalue weighted by Crippen LogP contribution is 1.98. The summed E-state index contributed by atoms with van der Waals surface area (Å²) >= 11 is 0. The molecule has 0 aliphatic heterocycles. The summed E-state index contributed by atoms with van der Waals surface area (Å²) in [7, 11) is 0. The van der Waals surface area contributed by atoms with E-state index in [0.717, 1.165) is 12.8 Å². The zero-order valence-corrected chi connectivity index (χ0v) is 6.50. The zero-order valence-electron chi connectivity index (χ0n) is 6.50. The molecular formula is C8H14O2. The summed E-state index contributed by atoms with van der Waals surface area (Å²) < 4.78 is 0. The van der Waals surface area contributed by atoms with Gasteiger partial charge in [0.1, 0.15) is 0 Å². The number of rotatable bonds is 4. The molecule has 58 valence electrons. The van der Waals surface area contributed by atoms with E-state index in [-0.39, 0.29) is 5.92 Å². The first-order valence-electron chi connectivity index (χ1n) is 3.58. The predicted molar refractivity (Wildman–Crippen MR) is 40.8 cm³/mol. The fourth-order valence-corrected chi connectivity index (χ4v) is 0.549. The topological polar surface area (TPSA) is 37.3 Å². The highest BCUT2D eigenvalue weighted by Gasteiger charge is 2.03. The smallest absolute Gasteiger partial charge is 0.310 e. The van der Waals surface area contributed by atoms with Crippen LogP contribution in [-0.4, -0.2) is 11.1 Å². The van der Waals surface area contributed by atoms with E-state index in [4.69, 9.17) is 5.11 Å². The molecule has 0 spiro atoms. The number of allylic oxidation sites excluding steroid dienone is 1. The van der Waals surface area contributed by atoms with E-state index in [0.29, 0.717) is 0 Å². The molecule has 0 amide bonds. The molecule has 0 rings (SSSR count).